The van der Waals surface area contributed by atoms with E-state index in [0.717, 1.165) is 33.3 Å². The highest BCUT2D eigenvalue weighted by Crippen LogP contribution is 2.42. The van der Waals surface area contributed by atoms with Crippen molar-refractivity contribution in [3.8, 4) is 11.4 Å². The summed E-state index contributed by atoms with van der Waals surface area (Å²) in [5.74, 6) is 0. The van der Waals surface area contributed by atoms with E-state index in [-0.39, 0.29) is 0 Å². The van der Waals surface area contributed by atoms with Crippen LogP contribution in [0.5, 0.6) is 0 Å². The number of hydrogen-bond donors (Lipinski definition) is 0. The fourth-order valence-electron chi connectivity index (χ4n) is 7.22. The van der Waals surface area contributed by atoms with Crippen LogP contribution in [0.25, 0.3) is 87.7 Å². The van der Waals surface area contributed by atoms with Gasteiger partial charge in [-0.3, -0.25) is 0 Å². The van der Waals surface area contributed by atoms with Gasteiger partial charge in [-0.05, 0) is 65.4 Å². The van der Waals surface area contributed by atoms with Crippen molar-refractivity contribution in [3.63, 3.8) is 0 Å². The maximum Gasteiger partial charge on any atom is 0.137 e. The summed E-state index contributed by atoms with van der Waals surface area (Å²) in [7, 11) is 0. The molecule has 0 radical (unpaired) electrons. The van der Waals surface area contributed by atoms with Crippen LogP contribution in [0.2, 0.25) is 0 Å². The van der Waals surface area contributed by atoms with Gasteiger partial charge in [0.15, 0.2) is 0 Å². The third-order valence-corrected chi connectivity index (χ3v) is 9.07. The molecule has 10 aromatic rings. The number of furan rings is 1. The first-order valence-electron chi connectivity index (χ1n) is 14.7. The third-order valence-electron chi connectivity index (χ3n) is 9.07. The van der Waals surface area contributed by atoms with Gasteiger partial charge in [0, 0.05) is 49.8 Å². The summed E-state index contributed by atoms with van der Waals surface area (Å²) in [5, 5.41) is 9.68. The second-order valence-electron chi connectivity index (χ2n) is 11.4. The lowest BCUT2D eigenvalue weighted by atomic mass is 10.1. The second kappa shape index (κ2) is 8.37. The molecule has 3 heteroatoms. The average molecular weight is 549 g/mol. The molecule has 0 bridgehead atoms. The molecule has 0 N–H and O–H groups in total. The molecular weight excluding hydrogens is 524 g/mol. The van der Waals surface area contributed by atoms with Crippen LogP contribution in [0.4, 0.5) is 0 Å². The van der Waals surface area contributed by atoms with Gasteiger partial charge in [0.05, 0.1) is 22.1 Å². The number of benzene rings is 7. The van der Waals surface area contributed by atoms with E-state index in [2.05, 4.69) is 155 Å². The van der Waals surface area contributed by atoms with Gasteiger partial charge in [-0.1, -0.05) is 84.9 Å². The van der Waals surface area contributed by atoms with Crippen molar-refractivity contribution in [3.05, 3.63) is 146 Å². The summed E-state index contributed by atoms with van der Waals surface area (Å²) in [4.78, 5) is 0. The molecule has 7 aromatic carbocycles. The zero-order chi connectivity index (χ0) is 28.1. The number of rotatable bonds is 2. The first-order valence-corrected chi connectivity index (χ1v) is 14.7. The molecule has 0 spiro atoms. The van der Waals surface area contributed by atoms with Crippen LogP contribution in [0.15, 0.2) is 150 Å². The van der Waals surface area contributed by atoms with Crippen LogP contribution in [-0.4, -0.2) is 9.13 Å². The molecule has 0 aliphatic heterocycles. The maximum atomic E-state index is 6.53. The minimum Gasteiger partial charge on any atom is -0.456 e. The van der Waals surface area contributed by atoms with Gasteiger partial charge < -0.3 is 13.6 Å². The van der Waals surface area contributed by atoms with Crippen molar-refractivity contribution in [2.24, 2.45) is 0 Å². The number of aromatic nitrogens is 2. The molecule has 43 heavy (non-hydrogen) atoms. The predicted octanol–water partition coefficient (Wildman–Crippen LogP) is 10.9. The highest BCUT2D eigenvalue weighted by atomic mass is 16.3. The summed E-state index contributed by atoms with van der Waals surface area (Å²) in [6.45, 7) is 0. The second-order valence-corrected chi connectivity index (χ2v) is 11.4. The van der Waals surface area contributed by atoms with E-state index in [4.69, 9.17) is 4.42 Å². The summed E-state index contributed by atoms with van der Waals surface area (Å²) >= 11 is 0. The summed E-state index contributed by atoms with van der Waals surface area (Å²) < 4.78 is 11.3. The Morgan fingerprint density at radius 3 is 1.86 bits per heavy atom. The fraction of sp³-hybridized carbons (Fsp3) is 0. The summed E-state index contributed by atoms with van der Waals surface area (Å²) in [5.41, 5.74) is 8.86. The van der Waals surface area contributed by atoms with Gasteiger partial charge in [0.2, 0.25) is 0 Å². The van der Waals surface area contributed by atoms with Crippen molar-refractivity contribution < 1.29 is 4.42 Å². The molecular formula is C40H24N2O. The zero-order valence-corrected chi connectivity index (χ0v) is 23.2. The Hall–Kier alpha value is -5.80. The lowest BCUT2D eigenvalue weighted by molar-refractivity contribution is 0.669. The minimum absolute atomic E-state index is 0.896. The minimum atomic E-state index is 0.896. The molecule has 0 aliphatic carbocycles. The van der Waals surface area contributed by atoms with Gasteiger partial charge in [-0.15, -0.1) is 0 Å². The lowest BCUT2D eigenvalue weighted by Crippen LogP contribution is -1.95. The first kappa shape index (κ1) is 22.8. The van der Waals surface area contributed by atoms with E-state index in [1.807, 2.05) is 0 Å². The zero-order valence-electron chi connectivity index (χ0n) is 23.2. The van der Waals surface area contributed by atoms with E-state index in [0.29, 0.717) is 0 Å². The topological polar surface area (TPSA) is 23.0 Å². The molecule has 3 heterocycles. The van der Waals surface area contributed by atoms with Gasteiger partial charge >= 0.3 is 0 Å². The number of fused-ring (bicyclic) bond motifs is 11. The Bertz CT molecular complexity index is 2720. The highest BCUT2D eigenvalue weighted by Gasteiger charge is 2.21. The van der Waals surface area contributed by atoms with Crippen LogP contribution >= 0.6 is 0 Å². The van der Waals surface area contributed by atoms with E-state index in [1.165, 1.54) is 54.4 Å². The molecule has 3 aromatic heterocycles. The molecule has 3 nitrogen and oxygen atoms in total. The average Bonchev–Trinajstić information content (AvgIpc) is 3.70. The molecule has 0 fully saturated rings. The number of nitrogens with zero attached hydrogens (tertiary/aromatic N) is 2. The predicted molar refractivity (Wildman–Crippen MR) is 180 cm³/mol. The van der Waals surface area contributed by atoms with E-state index >= 15 is 0 Å². The van der Waals surface area contributed by atoms with Crippen molar-refractivity contribution in [2.75, 3.05) is 0 Å². The molecule has 0 aliphatic rings. The quantitative estimate of drug-likeness (QED) is 0.211. The molecule has 0 unspecified atom stereocenters. The van der Waals surface area contributed by atoms with Crippen molar-refractivity contribution in [2.45, 2.75) is 0 Å². The number of hydrogen-bond acceptors (Lipinski definition) is 1. The molecule has 0 amide bonds. The van der Waals surface area contributed by atoms with Crippen molar-refractivity contribution in [1.82, 2.24) is 9.13 Å². The lowest BCUT2D eigenvalue weighted by Gasteiger charge is -2.10. The monoisotopic (exact) mass is 548 g/mol. The molecule has 0 atom stereocenters. The van der Waals surface area contributed by atoms with E-state index in [9.17, 15) is 0 Å². The fourth-order valence-corrected chi connectivity index (χ4v) is 7.22. The van der Waals surface area contributed by atoms with Crippen LogP contribution in [0, 0.1) is 0 Å². The SMILES string of the molecule is c1ccc(-n2c3ccccc3c3c2ccc2c4ccccc4n(-c4ccc5c(c4)oc4cc6ccccc6cc45)c23)cc1. The molecule has 10 rings (SSSR count). The van der Waals surface area contributed by atoms with Gasteiger partial charge in [0.25, 0.3) is 0 Å². The Balaban J connectivity index is 1.34. The van der Waals surface area contributed by atoms with Crippen LogP contribution in [0.3, 0.4) is 0 Å². The standard InChI is InChI=1S/C40H24N2O/c1-2-12-27(13-3-1)41-35-17-9-7-15-32(35)39-36(41)21-20-31-29-14-6-8-16-34(29)42(40(31)39)28-18-19-30-33-22-25-10-4-5-11-26(25)23-37(33)43-38(30)24-28/h1-24H. The molecule has 0 saturated carbocycles. The van der Waals surface area contributed by atoms with Crippen LogP contribution in [-0.2, 0) is 0 Å². The molecule has 0 saturated heterocycles. The highest BCUT2D eigenvalue weighted by molar-refractivity contribution is 6.26. The maximum absolute atomic E-state index is 6.53. The van der Waals surface area contributed by atoms with Gasteiger partial charge in [-0.2, -0.15) is 0 Å². The Morgan fingerprint density at radius 1 is 0.372 bits per heavy atom. The Kier molecular flexibility index (Phi) is 4.45. The van der Waals surface area contributed by atoms with Crippen molar-refractivity contribution >= 4 is 76.3 Å². The smallest absolute Gasteiger partial charge is 0.137 e. The largest absolute Gasteiger partial charge is 0.456 e. The summed E-state index contributed by atoms with van der Waals surface area (Å²) in [6.07, 6.45) is 0. The third kappa shape index (κ3) is 3.08. The van der Waals surface area contributed by atoms with E-state index < -0.39 is 0 Å². The van der Waals surface area contributed by atoms with Gasteiger partial charge in [0.1, 0.15) is 11.2 Å². The van der Waals surface area contributed by atoms with Crippen LogP contribution < -0.4 is 0 Å². The van der Waals surface area contributed by atoms with Crippen LogP contribution in [0.1, 0.15) is 0 Å². The number of para-hydroxylation sites is 3. The summed E-state index contributed by atoms with van der Waals surface area (Å²) in [6, 6.07) is 52.3. The van der Waals surface area contributed by atoms with E-state index in [1.54, 1.807) is 0 Å². The van der Waals surface area contributed by atoms with Crippen molar-refractivity contribution in [1.29, 1.82) is 0 Å². The Labute approximate surface area is 246 Å². The first-order chi connectivity index (χ1) is 21.3. The molecule has 200 valence electrons. The van der Waals surface area contributed by atoms with Gasteiger partial charge in [-0.25, -0.2) is 0 Å². The Morgan fingerprint density at radius 2 is 1.02 bits per heavy atom. The normalized spacial score (nSPS) is 12.2.